The van der Waals surface area contributed by atoms with E-state index in [1.165, 1.54) is 0 Å². The Hall–Kier alpha value is -1.61. The first-order chi connectivity index (χ1) is 13.6. The molecule has 1 aromatic heterocycles. The molecular weight excluding hydrogens is 477 g/mol. The first-order valence-corrected chi connectivity index (χ1v) is 10.3. The van der Waals surface area contributed by atoms with Gasteiger partial charge < -0.3 is 15.3 Å². The summed E-state index contributed by atoms with van der Waals surface area (Å²) in [5, 5.41) is 17.3. The molecule has 2 aromatic rings. The van der Waals surface area contributed by atoms with Crippen LogP contribution in [-0.2, 0) is 6.54 Å². The van der Waals surface area contributed by atoms with E-state index in [1.807, 2.05) is 48.3 Å². The van der Waals surface area contributed by atoms with Crippen LogP contribution in [-0.4, -0.2) is 52.5 Å². The Kier molecular flexibility index (Phi) is 11.3. The molecule has 0 spiro atoms. The molecule has 2 N–H and O–H groups in total. The lowest BCUT2D eigenvalue weighted by atomic mass is 9.79. The number of aliphatic imine (C=N–C) groups is 1. The Bertz CT molecular complexity index is 728. The minimum absolute atomic E-state index is 0. The van der Waals surface area contributed by atoms with Crippen LogP contribution in [0.5, 0.6) is 0 Å². The van der Waals surface area contributed by atoms with Gasteiger partial charge in [0.2, 0.25) is 0 Å². The fraction of sp³-hybridized carbons (Fsp3) is 0.545. The van der Waals surface area contributed by atoms with Gasteiger partial charge in [0.25, 0.3) is 0 Å². The number of halogens is 1. The SMILES string of the molecule is CCNC(=NCC(CC)(CC)CCO)N(C)Cc1cnn(-c2ccccc2)c1.I. The number of nitrogens with one attached hydrogen (secondary N) is 1. The maximum absolute atomic E-state index is 9.45. The van der Waals surface area contributed by atoms with Crippen molar-refractivity contribution in [2.75, 3.05) is 26.7 Å². The van der Waals surface area contributed by atoms with Crippen LogP contribution < -0.4 is 5.32 Å². The highest BCUT2D eigenvalue weighted by molar-refractivity contribution is 14.0. The average Bonchev–Trinajstić information content (AvgIpc) is 3.19. The van der Waals surface area contributed by atoms with Crippen molar-refractivity contribution in [2.45, 2.75) is 46.6 Å². The van der Waals surface area contributed by atoms with Crippen molar-refractivity contribution in [3.63, 3.8) is 0 Å². The fourth-order valence-corrected chi connectivity index (χ4v) is 3.37. The van der Waals surface area contributed by atoms with Crippen LogP contribution in [0.15, 0.2) is 47.7 Å². The second-order valence-electron chi connectivity index (χ2n) is 7.34. The molecule has 6 nitrogen and oxygen atoms in total. The molecule has 0 saturated heterocycles. The molecule has 0 fully saturated rings. The standard InChI is InChI=1S/C22H35N5O.HI/c1-5-22(6-2,13-14-28)18-24-21(23-7-3)26(4)16-19-15-25-27(17-19)20-11-9-8-10-12-20;/h8-12,15,17,28H,5-7,13-14,16,18H2,1-4H3,(H,23,24);1H. The van der Waals surface area contributed by atoms with Gasteiger partial charge in [-0.05, 0) is 43.7 Å². The van der Waals surface area contributed by atoms with Crippen molar-refractivity contribution in [3.8, 4) is 5.69 Å². The monoisotopic (exact) mass is 513 g/mol. The molecule has 1 aromatic carbocycles. The van der Waals surface area contributed by atoms with Gasteiger partial charge in [0.15, 0.2) is 5.96 Å². The lowest BCUT2D eigenvalue weighted by molar-refractivity contribution is 0.175. The average molecular weight is 513 g/mol. The van der Waals surface area contributed by atoms with E-state index in [2.05, 4.69) is 42.3 Å². The summed E-state index contributed by atoms with van der Waals surface area (Å²) >= 11 is 0. The van der Waals surface area contributed by atoms with E-state index in [-0.39, 0.29) is 36.0 Å². The van der Waals surface area contributed by atoms with E-state index < -0.39 is 0 Å². The Morgan fingerprint density at radius 3 is 2.48 bits per heavy atom. The Morgan fingerprint density at radius 2 is 1.90 bits per heavy atom. The molecule has 7 heteroatoms. The van der Waals surface area contributed by atoms with E-state index in [4.69, 9.17) is 4.99 Å². The first-order valence-electron chi connectivity index (χ1n) is 10.3. The van der Waals surface area contributed by atoms with E-state index in [0.29, 0.717) is 0 Å². The summed E-state index contributed by atoms with van der Waals surface area (Å²) in [6.07, 6.45) is 6.78. The summed E-state index contributed by atoms with van der Waals surface area (Å²) in [5.74, 6) is 0.888. The summed E-state index contributed by atoms with van der Waals surface area (Å²) in [4.78, 5) is 7.03. The molecule has 0 atom stereocenters. The zero-order chi connectivity index (χ0) is 20.4. The zero-order valence-electron chi connectivity index (χ0n) is 18.1. The van der Waals surface area contributed by atoms with E-state index in [9.17, 15) is 5.11 Å². The Morgan fingerprint density at radius 1 is 1.21 bits per heavy atom. The van der Waals surface area contributed by atoms with Gasteiger partial charge >= 0.3 is 0 Å². The molecule has 0 radical (unpaired) electrons. The van der Waals surface area contributed by atoms with Crippen molar-refractivity contribution in [1.82, 2.24) is 20.0 Å². The fourth-order valence-electron chi connectivity index (χ4n) is 3.37. The van der Waals surface area contributed by atoms with Crippen LogP contribution >= 0.6 is 24.0 Å². The number of rotatable bonds is 10. The van der Waals surface area contributed by atoms with E-state index in [1.54, 1.807) is 0 Å². The summed E-state index contributed by atoms with van der Waals surface area (Å²) in [7, 11) is 2.05. The number of aromatic nitrogens is 2. The minimum Gasteiger partial charge on any atom is -0.396 e. The number of guanidine groups is 1. The second-order valence-corrected chi connectivity index (χ2v) is 7.34. The molecular formula is C22H36IN5O. The Balaban J connectivity index is 0.00000420. The van der Waals surface area contributed by atoms with Crippen molar-refractivity contribution < 1.29 is 5.11 Å². The summed E-state index contributed by atoms with van der Waals surface area (Å²) in [6.45, 7) is 8.92. The highest BCUT2D eigenvalue weighted by Gasteiger charge is 2.25. The van der Waals surface area contributed by atoms with Crippen LogP contribution in [0.25, 0.3) is 5.69 Å². The van der Waals surface area contributed by atoms with Crippen LogP contribution in [0.1, 0.15) is 45.6 Å². The molecule has 0 saturated carbocycles. The Labute approximate surface area is 192 Å². The van der Waals surface area contributed by atoms with E-state index in [0.717, 1.165) is 56.1 Å². The summed E-state index contributed by atoms with van der Waals surface area (Å²) < 4.78 is 1.90. The van der Waals surface area contributed by atoms with Gasteiger partial charge in [-0.2, -0.15) is 5.10 Å². The summed E-state index contributed by atoms with van der Waals surface area (Å²) in [5.41, 5.74) is 2.25. The molecule has 0 bridgehead atoms. The van der Waals surface area contributed by atoms with Crippen LogP contribution in [0.2, 0.25) is 0 Å². The van der Waals surface area contributed by atoms with Crippen molar-refractivity contribution in [1.29, 1.82) is 0 Å². The predicted octanol–water partition coefficient (Wildman–Crippen LogP) is 4.08. The third-order valence-corrected chi connectivity index (χ3v) is 5.48. The van der Waals surface area contributed by atoms with Crippen LogP contribution in [0.3, 0.4) is 0 Å². The largest absolute Gasteiger partial charge is 0.396 e. The van der Waals surface area contributed by atoms with Gasteiger partial charge in [-0.3, -0.25) is 4.99 Å². The number of aliphatic hydroxyl groups is 1. The molecule has 2 rings (SSSR count). The molecule has 0 unspecified atom stereocenters. The van der Waals surface area contributed by atoms with Gasteiger partial charge in [-0.25, -0.2) is 4.68 Å². The van der Waals surface area contributed by atoms with Crippen molar-refractivity contribution in [2.24, 2.45) is 10.4 Å². The normalized spacial score (nSPS) is 11.8. The van der Waals surface area contributed by atoms with Crippen molar-refractivity contribution in [3.05, 3.63) is 48.3 Å². The van der Waals surface area contributed by atoms with Gasteiger partial charge in [0.05, 0.1) is 11.9 Å². The number of aliphatic hydroxyl groups excluding tert-OH is 1. The quantitative estimate of drug-likeness (QED) is 0.286. The minimum atomic E-state index is 0. The van der Waals surface area contributed by atoms with Gasteiger partial charge in [-0.1, -0.05) is 32.0 Å². The van der Waals surface area contributed by atoms with E-state index >= 15 is 0 Å². The number of nitrogens with zero attached hydrogens (tertiary/aromatic N) is 4. The number of para-hydroxylation sites is 1. The zero-order valence-corrected chi connectivity index (χ0v) is 20.5. The molecule has 1 heterocycles. The van der Waals surface area contributed by atoms with Gasteiger partial charge in [-0.15, -0.1) is 24.0 Å². The molecule has 0 aliphatic rings. The predicted molar refractivity (Wildman–Crippen MR) is 131 cm³/mol. The third kappa shape index (κ3) is 7.29. The van der Waals surface area contributed by atoms with Gasteiger partial charge in [0.1, 0.15) is 0 Å². The molecule has 0 amide bonds. The number of hydrogen-bond acceptors (Lipinski definition) is 3. The lowest BCUT2D eigenvalue weighted by Gasteiger charge is -2.30. The van der Waals surface area contributed by atoms with Crippen LogP contribution in [0, 0.1) is 5.41 Å². The smallest absolute Gasteiger partial charge is 0.193 e. The maximum Gasteiger partial charge on any atom is 0.193 e. The highest BCUT2D eigenvalue weighted by Crippen LogP contribution is 2.30. The first kappa shape index (κ1) is 25.4. The van der Waals surface area contributed by atoms with Gasteiger partial charge in [0, 0.05) is 45.0 Å². The topological polar surface area (TPSA) is 65.7 Å². The number of benzene rings is 1. The third-order valence-electron chi connectivity index (χ3n) is 5.48. The van der Waals surface area contributed by atoms with Crippen molar-refractivity contribution >= 4 is 29.9 Å². The molecule has 0 aliphatic heterocycles. The maximum atomic E-state index is 9.45. The summed E-state index contributed by atoms with van der Waals surface area (Å²) in [6, 6.07) is 10.1. The second kappa shape index (κ2) is 12.8. The molecule has 162 valence electrons. The molecule has 29 heavy (non-hydrogen) atoms. The number of hydrogen-bond donors (Lipinski definition) is 2. The molecule has 0 aliphatic carbocycles. The van der Waals surface area contributed by atoms with Crippen LogP contribution in [0.4, 0.5) is 0 Å². The highest BCUT2D eigenvalue weighted by atomic mass is 127. The lowest BCUT2D eigenvalue weighted by Crippen LogP contribution is -2.39.